The van der Waals surface area contributed by atoms with Gasteiger partial charge in [0.1, 0.15) is 11.6 Å². The minimum absolute atomic E-state index is 0.328. The molecule has 0 amide bonds. The second-order valence-corrected chi connectivity index (χ2v) is 4.62. The molecule has 0 bridgehead atoms. The van der Waals surface area contributed by atoms with Crippen molar-refractivity contribution in [3.63, 3.8) is 0 Å². The normalized spacial score (nSPS) is 19.9. The first-order valence-electron chi connectivity index (χ1n) is 5.63. The monoisotopic (exact) mass is 236 g/mol. The molecule has 0 radical (unpaired) electrons. The number of nitrogens with zero attached hydrogens (tertiary/aromatic N) is 2. The number of likely N-dealkylation sites (tertiary alicyclic amines) is 1. The van der Waals surface area contributed by atoms with E-state index in [1.54, 1.807) is 0 Å². The molecule has 4 heteroatoms. The van der Waals surface area contributed by atoms with Gasteiger partial charge < -0.3 is 4.90 Å². The summed E-state index contributed by atoms with van der Waals surface area (Å²) in [6, 6.07) is 5.70. The molecule has 1 aliphatic heterocycles. The van der Waals surface area contributed by atoms with Crippen molar-refractivity contribution in [2.75, 3.05) is 20.1 Å². The third-order valence-electron chi connectivity index (χ3n) is 3.50. The second-order valence-electron chi connectivity index (χ2n) is 4.62. The third-order valence-corrected chi connectivity index (χ3v) is 3.50. The Morgan fingerprint density at radius 3 is 2.47 bits per heavy atom. The molecule has 0 N–H and O–H groups in total. The maximum absolute atomic E-state index is 13.8. The van der Waals surface area contributed by atoms with Crippen molar-refractivity contribution >= 4 is 0 Å². The SMILES string of the molecule is CN1CCC(C#N)(c2ccc(F)cc2F)CC1. The maximum Gasteiger partial charge on any atom is 0.130 e. The van der Waals surface area contributed by atoms with Gasteiger partial charge in [-0.2, -0.15) is 5.26 Å². The summed E-state index contributed by atoms with van der Waals surface area (Å²) in [7, 11) is 1.97. The molecule has 1 saturated heterocycles. The topological polar surface area (TPSA) is 27.0 Å². The molecule has 0 spiro atoms. The molecule has 1 fully saturated rings. The van der Waals surface area contributed by atoms with E-state index in [1.807, 2.05) is 7.05 Å². The standard InChI is InChI=1S/C13H14F2N2/c1-17-6-4-13(9-16,5-7-17)11-3-2-10(14)8-12(11)15/h2-3,8H,4-7H2,1H3. The Bertz CT molecular complexity index is 457. The maximum atomic E-state index is 13.8. The molecule has 90 valence electrons. The fourth-order valence-electron chi connectivity index (χ4n) is 2.32. The van der Waals surface area contributed by atoms with E-state index in [0.29, 0.717) is 18.4 Å². The molecule has 1 aliphatic rings. The number of benzene rings is 1. The lowest BCUT2D eigenvalue weighted by atomic mass is 9.74. The molecule has 1 aromatic rings. The molecule has 1 aromatic carbocycles. The first kappa shape index (κ1) is 12.0. The van der Waals surface area contributed by atoms with Gasteiger partial charge in [-0.25, -0.2) is 8.78 Å². The van der Waals surface area contributed by atoms with Crippen LogP contribution in [0.4, 0.5) is 8.78 Å². The van der Waals surface area contributed by atoms with Gasteiger partial charge in [0.25, 0.3) is 0 Å². The van der Waals surface area contributed by atoms with E-state index in [9.17, 15) is 14.0 Å². The first-order valence-corrected chi connectivity index (χ1v) is 5.63. The molecular weight excluding hydrogens is 222 g/mol. The largest absolute Gasteiger partial charge is 0.306 e. The van der Waals surface area contributed by atoms with Gasteiger partial charge >= 0.3 is 0 Å². The van der Waals surface area contributed by atoms with Crippen LogP contribution < -0.4 is 0 Å². The molecule has 0 unspecified atom stereocenters. The number of nitriles is 1. The predicted molar refractivity (Wildman–Crippen MR) is 60.4 cm³/mol. The minimum atomic E-state index is -0.801. The van der Waals surface area contributed by atoms with Gasteiger partial charge in [-0.15, -0.1) is 0 Å². The van der Waals surface area contributed by atoms with Crippen molar-refractivity contribution in [3.05, 3.63) is 35.4 Å². The first-order chi connectivity index (χ1) is 8.07. The van der Waals surface area contributed by atoms with Crippen LogP contribution in [0.1, 0.15) is 18.4 Å². The summed E-state index contributed by atoms with van der Waals surface area (Å²) in [5.74, 6) is -1.22. The van der Waals surface area contributed by atoms with E-state index < -0.39 is 17.0 Å². The summed E-state index contributed by atoms with van der Waals surface area (Å²) in [5, 5.41) is 9.35. The Balaban J connectivity index is 2.39. The third kappa shape index (κ3) is 2.16. The Morgan fingerprint density at radius 1 is 1.29 bits per heavy atom. The van der Waals surface area contributed by atoms with E-state index in [4.69, 9.17) is 0 Å². The smallest absolute Gasteiger partial charge is 0.130 e. The highest BCUT2D eigenvalue weighted by molar-refractivity contribution is 5.34. The van der Waals surface area contributed by atoms with Gasteiger partial charge in [-0.1, -0.05) is 6.07 Å². The van der Waals surface area contributed by atoms with Crippen LogP contribution in [0.3, 0.4) is 0 Å². The Labute approximate surface area is 99.5 Å². The molecule has 0 aromatic heterocycles. The summed E-state index contributed by atoms with van der Waals surface area (Å²) in [6.45, 7) is 1.51. The van der Waals surface area contributed by atoms with Crippen molar-refractivity contribution in [2.45, 2.75) is 18.3 Å². The van der Waals surface area contributed by atoms with E-state index >= 15 is 0 Å². The lowest BCUT2D eigenvalue weighted by molar-refractivity contribution is 0.219. The number of halogens is 2. The van der Waals surface area contributed by atoms with E-state index in [1.165, 1.54) is 12.1 Å². The summed E-state index contributed by atoms with van der Waals surface area (Å²) >= 11 is 0. The predicted octanol–water partition coefficient (Wildman–Crippen LogP) is 2.45. The molecule has 0 atom stereocenters. The fourth-order valence-corrected chi connectivity index (χ4v) is 2.32. The highest BCUT2D eigenvalue weighted by atomic mass is 19.1. The molecular formula is C13H14F2N2. The minimum Gasteiger partial charge on any atom is -0.306 e. The zero-order chi connectivity index (χ0) is 12.5. The van der Waals surface area contributed by atoms with Crippen LogP contribution in [0.15, 0.2) is 18.2 Å². The summed E-state index contributed by atoms with van der Waals surface area (Å²) < 4.78 is 26.6. The van der Waals surface area contributed by atoms with Crippen molar-refractivity contribution in [1.82, 2.24) is 4.90 Å². The molecule has 2 rings (SSSR count). The van der Waals surface area contributed by atoms with Crippen molar-refractivity contribution in [1.29, 1.82) is 5.26 Å². The summed E-state index contributed by atoms with van der Waals surface area (Å²) in [4.78, 5) is 2.11. The number of piperidine rings is 1. The molecule has 17 heavy (non-hydrogen) atoms. The zero-order valence-corrected chi connectivity index (χ0v) is 9.71. The number of hydrogen-bond acceptors (Lipinski definition) is 2. The quantitative estimate of drug-likeness (QED) is 0.749. The molecule has 0 aliphatic carbocycles. The molecule has 2 nitrogen and oxygen atoms in total. The average molecular weight is 236 g/mol. The van der Waals surface area contributed by atoms with Crippen molar-refractivity contribution in [3.8, 4) is 6.07 Å². The summed E-state index contributed by atoms with van der Waals surface area (Å²) in [6.07, 6.45) is 1.17. The highest BCUT2D eigenvalue weighted by Crippen LogP contribution is 2.36. The highest BCUT2D eigenvalue weighted by Gasteiger charge is 2.37. The van der Waals surface area contributed by atoms with Crippen LogP contribution in [0.2, 0.25) is 0 Å². The van der Waals surface area contributed by atoms with Crippen LogP contribution in [-0.4, -0.2) is 25.0 Å². The second kappa shape index (κ2) is 4.42. The Hall–Kier alpha value is -1.47. The van der Waals surface area contributed by atoms with Gasteiger partial charge in [-0.3, -0.25) is 0 Å². The van der Waals surface area contributed by atoms with Crippen LogP contribution in [0.5, 0.6) is 0 Å². The van der Waals surface area contributed by atoms with Crippen LogP contribution >= 0.6 is 0 Å². The Morgan fingerprint density at radius 2 is 1.94 bits per heavy atom. The number of hydrogen-bond donors (Lipinski definition) is 0. The van der Waals surface area contributed by atoms with Crippen LogP contribution in [0.25, 0.3) is 0 Å². The van der Waals surface area contributed by atoms with Crippen LogP contribution in [-0.2, 0) is 5.41 Å². The zero-order valence-electron chi connectivity index (χ0n) is 9.71. The fraction of sp³-hybridized carbons (Fsp3) is 0.462. The van der Waals surface area contributed by atoms with Gasteiger partial charge in [-0.05, 0) is 39.0 Å². The van der Waals surface area contributed by atoms with E-state index in [-0.39, 0.29) is 0 Å². The average Bonchev–Trinajstić information content (AvgIpc) is 2.31. The Kier molecular flexibility index (Phi) is 3.12. The molecule has 0 saturated carbocycles. The molecule has 1 heterocycles. The van der Waals surface area contributed by atoms with E-state index in [2.05, 4.69) is 11.0 Å². The van der Waals surface area contributed by atoms with E-state index in [0.717, 1.165) is 19.2 Å². The lowest BCUT2D eigenvalue weighted by Crippen LogP contribution is -2.40. The number of rotatable bonds is 1. The summed E-state index contributed by atoms with van der Waals surface area (Å²) in [5.41, 5.74) is -0.473. The van der Waals surface area contributed by atoms with Crippen LogP contribution in [0, 0.1) is 23.0 Å². The van der Waals surface area contributed by atoms with Crippen molar-refractivity contribution < 1.29 is 8.78 Å². The van der Waals surface area contributed by atoms with Crippen molar-refractivity contribution in [2.24, 2.45) is 0 Å². The lowest BCUT2D eigenvalue weighted by Gasteiger charge is -2.35. The van der Waals surface area contributed by atoms with Gasteiger partial charge in [0.2, 0.25) is 0 Å². The van der Waals surface area contributed by atoms with Gasteiger partial charge in [0, 0.05) is 11.6 Å². The van der Waals surface area contributed by atoms with Gasteiger partial charge in [0.15, 0.2) is 0 Å². The van der Waals surface area contributed by atoms with Gasteiger partial charge in [0.05, 0.1) is 11.5 Å².